The highest BCUT2D eigenvalue weighted by Gasteiger charge is 2.30. The lowest BCUT2D eigenvalue weighted by molar-refractivity contribution is -0.137. The summed E-state index contributed by atoms with van der Waals surface area (Å²) in [6.07, 6.45) is 2.62. The number of amides is 1. The van der Waals surface area contributed by atoms with Crippen LogP contribution in [0.2, 0.25) is 0 Å². The number of rotatable bonds is 2. The summed E-state index contributed by atoms with van der Waals surface area (Å²) in [7, 11) is 1.66. The molecule has 0 bridgehead atoms. The van der Waals surface area contributed by atoms with Gasteiger partial charge in [-0.1, -0.05) is 24.3 Å². The van der Waals surface area contributed by atoms with Crippen molar-refractivity contribution < 1.29 is 4.79 Å². The topological polar surface area (TPSA) is 58.4 Å². The second kappa shape index (κ2) is 6.94. The van der Waals surface area contributed by atoms with Gasteiger partial charge in [0.25, 0.3) is 5.56 Å². The van der Waals surface area contributed by atoms with E-state index in [0.29, 0.717) is 0 Å². The summed E-state index contributed by atoms with van der Waals surface area (Å²) in [6, 6.07) is 11.7. The Morgan fingerprint density at radius 2 is 1.77 bits per heavy atom. The van der Waals surface area contributed by atoms with E-state index in [-0.39, 0.29) is 17.4 Å². The van der Waals surface area contributed by atoms with Crippen molar-refractivity contribution in [1.82, 2.24) is 14.7 Å². The van der Waals surface area contributed by atoms with Crippen LogP contribution in [0.25, 0.3) is 0 Å². The molecule has 6 nitrogen and oxygen atoms in total. The third-order valence-corrected chi connectivity index (χ3v) is 5.56. The number of piperidine rings is 1. The van der Waals surface area contributed by atoms with Crippen molar-refractivity contribution in [2.45, 2.75) is 25.8 Å². The standard InChI is InChI=1S/C20H24N4O2/c1-22-19(25)7-6-18(21-22)23-11-9-16(10-12-23)20(26)24-13-8-15-4-2-3-5-17(15)14-24/h2-7,16H,8-14H2,1H3. The van der Waals surface area contributed by atoms with E-state index in [1.54, 1.807) is 19.2 Å². The minimum Gasteiger partial charge on any atom is -0.355 e. The Hall–Kier alpha value is -2.63. The van der Waals surface area contributed by atoms with Gasteiger partial charge >= 0.3 is 0 Å². The van der Waals surface area contributed by atoms with E-state index in [1.165, 1.54) is 15.8 Å². The van der Waals surface area contributed by atoms with Gasteiger partial charge in [-0.2, -0.15) is 5.10 Å². The maximum absolute atomic E-state index is 13.0. The van der Waals surface area contributed by atoms with Crippen molar-refractivity contribution in [2.75, 3.05) is 24.5 Å². The van der Waals surface area contributed by atoms with Crippen LogP contribution in [0.4, 0.5) is 5.82 Å². The Morgan fingerprint density at radius 1 is 1.04 bits per heavy atom. The molecule has 1 fully saturated rings. The molecule has 26 heavy (non-hydrogen) atoms. The summed E-state index contributed by atoms with van der Waals surface area (Å²) in [5.41, 5.74) is 2.54. The first-order valence-electron chi connectivity index (χ1n) is 9.27. The van der Waals surface area contributed by atoms with E-state index in [4.69, 9.17) is 0 Å². The van der Waals surface area contributed by atoms with E-state index in [0.717, 1.165) is 51.3 Å². The van der Waals surface area contributed by atoms with Gasteiger partial charge in [0.15, 0.2) is 0 Å². The molecule has 136 valence electrons. The summed E-state index contributed by atoms with van der Waals surface area (Å²) in [5.74, 6) is 1.18. The lowest BCUT2D eigenvalue weighted by Crippen LogP contribution is -2.44. The fourth-order valence-corrected chi connectivity index (χ4v) is 3.96. The highest BCUT2D eigenvalue weighted by atomic mass is 16.2. The molecule has 0 saturated carbocycles. The monoisotopic (exact) mass is 352 g/mol. The fraction of sp³-hybridized carbons (Fsp3) is 0.450. The number of carbonyl (C=O) groups is 1. The first-order chi connectivity index (χ1) is 12.6. The predicted molar refractivity (Wildman–Crippen MR) is 100.0 cm³/mol. The van der Waals surface area contributed by atoms with Gasteiger partial charge in [-0.15, -0.1) is 0 Å². The van der Waals surface area contributed by atoms with Crippen molar-refractivity contribution in [3.05, 3.63) is 57.9 Å². The van der Waals surface area contributed by atoms with E-state index >= 15 is 0 Å². The normalized spacial score (nSPS) is 17.9. The lowest BCUT2D eigenvalue weighted by Gasteiger charge is -2.36. The molecule has 0 spiro atoms. The largest absolute Gasteiger partial charge is 0.355 e. The van der Waals surface area contributed by atoms with Crippen molar-refractivity contribution in [1.29, 1.82) is 0 Å². The van der Waals surface area contributed by atoms with Gasteiger partial charge < -0.3 is 9.80 Å². The van der Waals surface area contributed by atoms with E-state index in [1.807, 2.05) is 11.0 Å². The molecule has 2 aromatic rings. The van der Waals surface area contributed by atoms with E-state index in [2.05, 4.69) is 28.2 Å². The predicted octanol–water partition coefficient (Wildman–Crippen LogP) is 1.58. The van der Waals surface area contributed by atoms with Crippen molar-refractivity contribution >= 4 is 11.7 Å². The molecule has 1 amide bonds. The third kappa shape index (κ3) is 3.23. The van der Waals surface area contributed by atoms with Crippen molar-refractivity contribution in [2.24, 2.45) is 13.0 Å². The number of anilines is 1. The average Bonchev–Trinajstić information content (AvgIpc) is 2.69. The number of hydrogen-bond acceptors (Lipinski definition) is 4. The highest BCUT2D eigenvalue weighted by molar-refractivity contribution is 5.79. The molecule has 1 aromatic carbocycles. The van der Waals surface area contributed by atoms with E-state index in [9.17, 15) is 9.59 Å². The number of carbonyl (C=O) groups excluding carboxylic acids is 1. The zero-order valence-corrected chi connectivity index (χ0v) is 15.1. The number of nitrogens with zero attached hydrogens (tertiary/aromatic N) is 4. The van der Waals surface area contributed by atoms with Crippen LogP contribution < -0.4 is 10.5 Å². The van der Waals surface area contributed by atoms with Crippen LogP contribution in [0.15, 0.2) is 41.2 Å². The molecule has 1 saturated heterocycles. The molecule has 2 aliphatic heterocycles. The number of aromatic nitrogens is 2. The second-order valence-electron chi connectivity index (χ2n) is 7.19. The zero-order valence-electron chi connectivity index (χ0n) is 15.1. The van der Waals surface area contributed by atoms with Crippen molar-refractivity contribution in [3.8, 4) is 0 Å². The van der Waals surface area contributed by atoms with Gasteiger partial charge in [-0.3, -0.25) is 9.59 Å². The maximum atomic E-state index is 13.0. The quantitative estimate of drug-likeness (QED) is 0.823. The van der Waals surface area contributed by atoms with Crippen molar-refractivity contribution in [3.63, 3.8) is 0 Å². The molecule has 0 unspecified atom stereocenters. The van der Waals surface area contributed by atoms with Crippen LogP contribution in [0, 0.1) is 5.92 Å². The van der Waals surface area contributed by atoms with Gasteiger partial charge in [0.1, 0.15) is 5.82 Å². The fourth-order valence-electron chi connectivity index (χ4n) is 3.96. The molecule has 0 radical (unpaired) electrons. The van der Waals surface area contributed by atoms with Gasteiger partial charge in [0.05, 0.1) is 0 Å². The Labute approximate surface area is 153 Å². The van der Waals surface area contributed by atoms with Crippen LogP contribution in [0.1, 0.15) is 24.0 Å². The van der Waals surface area contributed by atoms with Gasteiger partial charge in [-0.05, 0) is 36.5 Å². The lowest BCUT2D eigenvalue weighted by atomic mass is 9.93. The summed E-state index contributed by atoms with van der Waals surface area (Å²) in [5, 5.41) is 4.32. The SMILES string of the molecule is Cn1nc(N2CCC(C(=O)N3CCc4ccccc4C3)CC2)ccc1=O. The molecule has 0 N–H and O–H groups in total. The van der Waals surface area contributed by atoms with Crippen LogP contribution in [0.3, 0.4) is 0 Å². The molecule has 3 heterocycles. The van der Waals surface area contributed by atoms with Crippen LogP contribution in [-0.4, -0.2) is 40.2 Å². The molecule has 0 atom stereocenters. The number of aryl methyl sites for hydroxylation is 1. The number of fused-ring (bicyclic) bond motifs is 1. The minimum atomic E-state index is -0.107. The molecule has 6 heteroatoms. The van der Waals surface area contributed by atoms with Crippen LogP contribution >= 0.6 is 0 Å². The number of benzene rings is 1. The zero-order chi connectivity index (χ0) is 18.1. The summed E-state index contributed by atoms with van der Waals surface area (Å²) < 4.78 is 1.36. The smallest absolute Gasteiger partial charge is 0.266 e. The average molecular weight is 352 g/mol. The van der Waals surface area contributed by atoms with Gasteiger partial charge in [-0.25, -0.2) is 4.68 Å². The summed E-state index contributed by atoms with van der Waals surface area (Å²) in [4.78, 5) is 28.6. The van der Waals surface area contributed by atoms with Gasteiger partial charge in [0.2, 0.25) is 5.91 Å². The van der Waals surface area contributed by atoms with Crippen LogP contribution in [-0.2, 0) is 24.8 Å². The third-order valence-electron chi connectivity index (χ3n) is 5.56. The Bertz CT molecular complexity index is 868. The molecule has 0 aliphatic carbocycles. The Balaban J connectivity index is 1.38. The van der Waals surface area contributed by atoms with E-state index < -0.39 is 0 Å². The molecular formula is C20H24N4O2. The van der Waals surface area contributed by atoms with Gasteiger partial charge in [0, 0.05) is 45.2 Å². The number of hydrogen-bond donors (Lipinski definition) is 0. The minimum absolute atomic E-state index is 0.0871. The molecule has 4 rings (SSSR count). The molecule has 2 aliphatic rings. The highest BCUT2D eigenvalue weighted by Crippen LogP contribution is 2.26. The molecular weight excluding hydrogens is 328 g/mol. The maximum Gasteiger partial charge on any atom is 0.266 e. The first kappa shape index (κ1) is 16.8. The Morgan fingerprint density at radius 3 is 2.50 bits per heavy atom. The second-order valence-corrected chi connectivity index (χ2v) is 7.19. The summed E-state index contributed by atoms with van der Waals surface area (Å²) in [6.45, 7) is 3.15. The first-order valence-corrected chi connectivity index (χ1v) is 9.27. The molecule has 1 aromatic heterocycles. The van der Waals surface area contributed by atoms with Crippen LogP contribution in [0.5, 0.6) is 0 Å². The summed E-state index contributed by atoms with van der Waals surface area (Å²) >= 11 is 0. The Kier molecular flexibility index (Phi) is 4.49.